The number of Topliss-reactive ketones (excluding diaryl/α,β-unsaturated/α-hetero) is 1. The Morgan fingerprint density at radius 3 is 2.40 bits per heavy atom. The lowest BCUT2D eigenvalue weighted by atomic mass is 9.96. The Morgan fingerprint density at radius 2 is 1.75 bits per heavy atom. The molecule has 0 saturated heterocycles. The lowest BCUT2D eigenvalue weighted by Crippen LogP contribution is -2.07. The molecule has 0 unspecified atom stereocenters. The van der Waals surface area contributed by atoms with E-state index in [-0.39, 0.29) is 11.3 Å². The van der Waals surface area contributed by atoms with Gasteiger partial charge in [0, 0.05) is 12.0 Å². The van der Waals surface area contributed by atoms with E-state index in [1.807, 2.05) is 0 Å². The van der Waals surface area contributed by atoms with Crippen LogP contribution in [-0.4, -0.2) is 5.78 Å². The van der Waals surface area contributed by atoms with E-state index in [0.717, 1.165) is 6.07 Å². The summed E-state index contributed by atoms with van der Waals surface area (Å²) in [5, 5.41) is 0. The number of halogens is 3. The average Bonchev–Trinajstić information content (AvgIpc) is 2.45. The maximum absolute atomic E-state index is 13.0. The van der Waals surface area contributed by atoms with Crippen LogP contribution in [0.4, 0.5) is 13.2 Å². The van der Waals surface area contributed by atoms with Crippen LogP contribution >= 0.6 is 0 Å². The SMILES string of the molecule is CCC(=O)c1cccc(-c2ccccc2C(F)(F)F)c1. The van der Waals surface area contributed by atoms with Crippen molar-refractivity contribution in [2.75, 3.05) is 0 Å². The van der Waals surface area contributed by atoms with Crippen molar-refractivity contribution in [1.82, 2.24) is 0 Å². The minimum absolute atomic E-state index is 0.0867. The molecule has 0 bridgehead atoms. The predicted molar refractivity (Wildman–Crippen MR) is 71.5 cm³/mol. The average molecular weight is 278 g/mol. The van der Waals surface area contributed by atoms with Crippen molar-refractivity contribution in [2.24, 2.45) is 0 Å². The fourth-order valence-corrected chi connectivity index (χ4v) is 2.05. The number of ketones is 1. The van der Waals surface area contributed by atoms with Gasteiger partial charge in [-0.15, -0.1) is 0 Å². The summed E-state index contributed by atoms with van der Waals surface area (Å²) in [7, 11) is 0. The van der Waals surface area contributed by atoms with Gasteiger partial charge in [-0.05, 0) is 23.3 Å². The maximum Gasteiger partial charge on any atom is 0.417 e. The Labute approximate surface area is 115 Å². The molecule has 20 heavy (non-hydrogen) atoms. The molecular formula is C16H13F3O. The molecule has 1 nitrogen and oxygen atoms in total. The van der Waals surface area contributed by atoms with Crippen LogP contribution in [0.1, 0.15) is 29.3 Å². The highest BCUT2D eigenvalue weighted by molar-refractivity contribution is 5.97. The smallest absolute Gasteiger partial charge is 0.294 e. The second-order valence-electron chi connectivity index (χ2n) is 4.40. The van der Waals surface area contributed by atoms with Crippen LogP contribution in [0, 0.1) is 0 Å². The van der Waals surface area contributed by atoms with E-state index in [9.17, 15) is 18.0 Å². The number of carbonyl (C=O) groups is 1. The van der Waals surface area contributed by atoms with Gasteiger partial charge < -0.3 is 0 Å². The standard InChI is InChI=1S/C16H13F3O/c1-2-15(20)12-7-5-6-11(10-12)13-8-3-4-9-14(13)16(17,18)19/h3-10H,2H2,1H3. The quantitative estimate of drug-likeness (QED) is 0.725. The summed E-state index contributed by atoms with van der Waals surface area (Å²) < 4.78 is 39.0. The van der Waals surface area contributed by atoms with E-state index >= 15 is 0 Å². The van der Waals surface area contributed by atoms with Gasteiger partial charge in [-0.3, -0.25) is 4.79 Å². The molecule has 104 valence electrons. The van der Waals surface area contributed by atoms with Crippen molar-refractivity contribution in [1.29, 1.82) is 0 Å². The van der Waals surface area contributed by atoms with Gasteiger partial charge in [0.1, 0.15) is 0 Å². The molecule has 0 aliphatic carbocycles. The molecular weight excluding hydrogens is 265 g/mol. The Hall–Kier alpha value is -2.10. The van der Waals surface area contributed by atoms with Crippen molar-refractivity contribution in [3.8, 4) is 11.1 Å². The third-order valence-corrected chi connectivity index (χ3v) is 3.05. The normalized spacial score (nSPS) is 11.4. The largest absolute Gasteiger partial charge is 0.417 e. The summed E-state index contributed by atoms with van der Waals surface area (Å²) in [5.41, 5.74) is 0.228. The highest BCUT2D eigenvalue weighted by atomic mass is 19.4. The number of hydrogen-bond donors (Lipinski definition) is 0. The van der Waals surface area contributed by atoms with Crippen molar-refractivity contribution >= 4 is 5.78 Å². The first kappa shape index (κ1) is 14.3. The second kappa shape index (κ2) is 5.49. The summed E-state index contributed by atoms with van der Waals surface area (Å²) in [6.07, 6.45) is -4.09. The van der Waals surface area contributed by atoms with E-state index in [1.165, 1.54) is 18.2 Å². The fraction of sp³-hybridized carbons (Fsp3) is 0.188. The van der Waals surface area contributed by atoms with Crippen LogP contribution < -0.4 is 0 Å². The molecule has 0 N–H and O–H groups in total. The summed E-state index contributed by atoms with van der Waals surface area (Å²) in [6.45, 7) is 1.72. The molecule has 0 aromatic heterocycles. The zero-order valence-electron chi connectivity index (χ0n) is 10.9. The van der Waals surface area contributed by atoms with E-state index in [2.05, 4.69) is 0 Å². The topological polar surface area (TPSA) is 17.1 Å². The van der Waals surface area contributed by atoms with Gasteiger partial charge in [-0.1, -0.05) is 43.3 Å². The van der Waals surface area contributed by atoms with Gasteiger partial charge in [0.25, 0.3) is 0 Å². The zero-order valence-corrected chi connectivity index (χ0v) is 10.9. The summed E-state index contributed by atoms with van der Waals surface area (Å²) in [5.74, 6) is -0.0867. The number of rotatable bonds is 3. The highest BCUT2D eigenvalue weighted by Gasteiger charge is 2.33. The molecule has 0 aliphatic rings. The Balaban J connectivity index is 2.55. The lowest BCUT2D eigenvalue weighted by Gasteiger charge is -2.13. The van der Waals surface area contributed by atoms with Gasteiger partial charge >= 0.3 is 6.18 Å². The van der Waals surface area contributed by atoms with Crippen molar-refractivity contribution in [3.63, 3.8) is 0 Å². The lowest BCUT2D eigenvalue weighted by molar-refractivity contribution is -0.137. The molecule has 0 radical (unpaired) electrons. The minimum atomic E-state index is -4.42. The molecule has 4 heteroatoms. The summed E-state index contributed by atoms with van der Waals surface area (Å²) in [6, 6.07) is 11.7. The second-order valence-corrected chi connectivity index (χ2v) is 4.40. The molecule has 0 atom stereocenters. The third-order valence-electron chi connectivity index (χ3n) is 3.05. The van der Waals surface area contributed by atoms with Crippen LogP contribution in [0.25, 0.3) is 11.1 Å². The molecule has 0 saturated carbocycles. The Morgan fingerprint density at radius 1 is 1.05 bits per heavy atom. The van der Waals surface area contributed by atoms with Gasteiger partial charge in [0.2, 0.25) is 0 Å². The van der Waals surface area contributed by atoms with Gasteiger partial charge in [-0.25, -0.2) is 0 Å². The number of alkyl halides is 3. The van der Waals surface area contributed by atoms with Crippen molar-refractivity contribution in [3.05, 3.63) is 59.7 Å². The number of hydrogen-bond acceptors (Lipinski definition) is 1. The number of carbonyl (C=O) groups excluding carboxylic acids is 1. The molecule has 0 fully saturated rings. The summed E-state index contributed by atoms with van der Waals surface area (Å²) in [4.78, 5) is 11.7. The maximum atomic E-state index is 13.0. The van der Waals surface area contributed by atoms with Gasteiger partial charge in [0.15, 0.2) is 5.78 Å². The Kier molecular flexibility index (Phi) is 3.93. The Bertz CT molecular complexity index is 630. The van der Waals surface area contributed by atoms with Crippen LogP contribution in [-0.2, 0) is 6.18 Å². The highest BCUT2D eigenvalue weighted by Crippen LogP contribution is 2.37. The van der Waals surface area contributed by atoms with Crippen molar-refractivity contribution in [2.45, 2.75) is 19.5 Å². The summed E-state index contributed by atoms with van der Waals surface area (Å²) >= 11 is 0. The van der Waals surface area contributed by atoms with Crippen LogP contribution in [0.15, 0.2) is 48.5 Å². The van der Waals surface area contributed by atoms with Crippen LogP contribution in [0.3, 0.4) is 0 Å². The third kappa shape index (κ3) is 2.90. The molecule has 0 aliphatic heterocycles. The van der Waals surface area contributed by atoms with E-state index in [4.69, 9.17) is 0 Å². The molecule has 2 aromatic rings. The monoisotopic (exact) mass is 278 g/mol. The molecule has 0 amide bonds. The van der Waals surface area contributed by atoms with Crippen molar-refractivity contribution < 1.29 is 18.0 Å². The van der Waals surface area contributed by atoms with Crippen LogP contribution in [0.5, 0.6) is 0 Å². The first-order chi connectivity index (χ1) is 9.43. The predicted octanol–water partition coefficient (Wildman–Crippen LogP) is 4.97. The molecule has 2 aromatic carbocycles. The van der Waals surface area contributed by atoms with Gasteiger partial charge in [0.05, 0.1) is 5.56 Å². The first-order valence-electron chi connectivity index (χ1n) is 6.23. The molecule has 0 heterocycles. The zero-order chi connectivity index (χ0) is 14.8. The van der Waals surface area contributed by atoms with Crippen LogP contribution in [0.2, 0.25) is 0 Å². The molecule has 2 rings (SSSR count). The first-order valence-corrected chi connectivity index (χ1v) is 6.23. The fourth-order valence-electron chi connectivity index (χ4n) is 2.05. The number of benzene rings is 2. The van der Waals surface area contributed by atoms with E-state index in [1.54, 1.807) is 31.2 Å². The van der Waals surface area contributed by atoms with E-state index in [0.29, 0.717) is 17.5 Å². The van der Waals surface area contributed by atoms with Gasteiger partial charge in [-0.2, -0.15) is 13.2 Å². The molecule has 0 spiro atoms. The van der Waals surface area contributed by atoms with E-state index < -0.39 is 11.7 Å². The minimum Gasteiger partial charge on any atom is -0.294 e.